The summed E-state index contributed by atoms with van der Waals surface area (Å²) in [4.78, 5) is 0. The zero-order valence-corrected chi connectivity index (χ0v) is 10.9. The molecule has 0 aliphatic carbocycles. The third-order valence-corrected chi connectivity index (χ3v) is 5.14. The van der Waals surface area contributed by atoms with Gasteiger partial charge in [-0.3, -0.25) is 0 Å². The molecule has 0 spiro atoms. The van der Waals surface area contributed by atoms with Gasteiger partial charge in [-0.25, -0.2) is 0 Å². The van der Waals surface area contributed by atoms with E-state index >= 15 is 0 Å². The molecule has 76 valence electrons. The van der Waals surface area contributed by atoms with E-state index in [4.69, 9.17) is 0 Å². The third kappa shape index (κ3) is 3.70. The van der Waals surface area contributed by atoms with Crippen LogP contribution in [0.5, 0.6) is 0 Å². The van der Waals surface area contributed by atoms with E-state index < -0.39 is 0 Å². The van der Waals surface area contributed by atoms with Crippen LogP contribution in [0.2, 0.25) is 4.47 Å². The predicted octanol–water partition coefficient (Wildman–Crippen LogP) is 2.68. The Balaban J connectivity index is 1.81. The monoisotopic (exact) mass is 312 g/mol. The Morgan fingerprint density at radius 3 is 2.00 bits per heavy atom. The second-order valence-corrected chi connectivity index (χ2v) is 6.73. The Hall–Kier alpha value is -0.770. The minimum absolute atomic E-state index is 0.0236. The molecular formula is C14H14Te. The fourth-order valence-corrected chi connectivity index (χ4v) is 4.08. The van der Waals surface area contributed by atoms with Gasteiger partial charge in [-0.05, 0) is 0 Å². The van der Waals surface area contributed by atoms with E-state index in [2.05, 4.69) is 60.7 Å². The second-order valence-electron chi connectivity index (χ2n) is 3.40. The molecule has 0 saturated heterocycles. The first-order valence-electron chi connectivity index (χ1n) is 5.17. The summed E-state index contributed by atoms with van der Waals surface area (Å²) in [7, 11) is 0. The maximum absolute atomic E-state index is 2.26. The van der Waals surface area contributed by atoms with Gasteiger partial charge in [-0.15, -0.1) is 0 Å². The van der Waals surface area contributed by atoms with Crippen molar-refractivity contribution in [1.82, 2.24) is 0 Å². The molecule has 2 aromatic rings. The molecule has 1 heteroatoms. The van der Waals surface area contributed by atoms with Crippen molar-refractivity contribution in [3.63, 3.8) is 0 Å². The van der Waals surface area contributed by atoms with E-state index in [0.717, 1.165) is 0 Å². The van der Waals surface area contributed by atoms with Crippen molar-refractivity contribution in [2.45, 2.75) is 10.9 Å². The number of hydrogen-bond donors (Lipinski definition) is 0. The molecule has 0 aliphatic heterocycles. The van der Waals surface area contributed by atoms with Crippen molar-refractivity contribution in [2.24, 2.45) is 0 Å². The van der Waals surface area contributed by atoms with Crippen molar-refractivity contribution < 1.29 is 0 Å². The van der Waals surface area contributed by atoms with Gasteiger partial charge in [0.05, 0.1) is 0 Å². The van der Waals surface area contributed by atoms with Gasteiger partial charge in [0.25, 0.3) is 0 Å². The Kier molecular flexibility index (Phi) is 4.26. The van der Waals surface area contributed by atoms with Crippen LogP contribution in [0.4, 0.5) is 0 Å². The summed E-state index contributed by atoms with van der Waals surface area (Å²) < 4.78 is 2.93. The molecule has 0 aromatic heterocycles. The molecule has 0 aliphatic rings. The zero-order chi connectivity index (χ0) is 10.3. The first-order chi connectivity index (χ1) is 7.45. The summed E-state index contributed by atoms with van der Waals surface area (Å²) in [6.45, 7) is 0. The first kappa shape index (κ1) is 10.7. The number of benzene rings is 2. The van der Waals surface area contributed by atoms with Crippen LogP contribution < -0.4 is 3.61 Å². The molecule has 0 saturated carbocycles. The van der Waals surface area contributed by atoms with Gasteiger partial charge in [-0.1, -0.05) is 0 Å². The summed E-state index contributed by atoms with van der Waals surface area (Å²) in [5.74, 6) is 0. The first-order valence-corrected chi connectivity index (χ1v) is 7.98. The van der Waals surface area contributed by atoms with Gasteiger partial charge in [0.1, 0.15) is 0 Å². The fraction of sp³-hybridized carbons (Fsp3) is 0.143. The molecule has 0 radical (unpaired) electrons. The number of hydrogen-bond acceptors (Lipinski definition) is 0. The van der Waals surface area contributed by atoms with Gasteiger partial charge in [-0.2, -0.15) is 0 Å². The van der Waals surface area contributed by atoms with Gasteiger partial charge in [0, 0.05) is 0 Å². The van der Waals surface area contributed by atoms with E-state index in [1.807, 2.05) is 0 Å². The Morgan fingerprint density at radius 2 is 1.33 bits per heavy atom. The van der Waals surface area contributed by atoms with Gasteiger partial charge >= 0.3 is 102 Å². The van der Waals surface area contributed by atoms with Crippen LogP contribution in [0.1, 0.15) is 5.56 Å². The topological polar surface area (TPSA) is 0 Å². The van der Waals surface area contributed by atoms with Crippen LogP contribution in [0, 0.1) is 0 Å². The van der Waals surface area contributed by atoms with E-state index in [0.29, 0.717) is 0 Å². The van der Waals surface area contributed by atoms with Gasteiger partial charge in [0.15, 0.2) is 0 Å². The average Bonchev–Trinajstić information content (AvgIpc) is 2.32. The molecule has 0 atom stereocenters. The molecule has 0 nitrogen and oxygen atoms in total. The second kappa shape index (κ2) is 5.95. The van der Waals surface area contributed by atoms with E-state index in [9.17, 15) is 0 Å². The van der Waals surface area contributed by atoms with Gasteiger partial charge < -0.3 is 0 Å². The minimum atomic E-state index is 0.0236. The zero-order valence-electron chi connectivity index (χ0n) is 8.60. The summed E-state index contributed by atoms with van der Waals surface area (Å²) in [5.41, 5.74) is 1.47. The van der Waals surface area contributed by atoms with Gasteiger partial charge in [0.2, 0.25) is 0 Å². The standard InChI is InChI=1S/C14H14Te/c1-3-7-13(8-4-1)11-12-15-14-9-5-2-6-10-14/h1-10H,11-12H2. The molecule has 15 heavy (non-hydrogen) atoms. The van der Waals surface area contributed by atoms with Crippen molar-refractivity contribution in [2.75, 3.05) is 0 Å². The molecule has 2 rings (SSSR count). The quantitative estimate of drug-likeness (QED) is 0.762. The average molecular weight is 310 g/mol. The predicted molar refractivity (Wildman–Crippen MR) is 66.8 cm³/mol. The van der Waals surface area contributed by atoms with Crippen molar-refractivity contribution in [1.29, 1.82) is 0 Å². The molecule has 0 fully saturated rings. The maximum atomic E-state index is 2.26. The summed E-state index contributed by atoms with van der Waals surface area (Å²) in [5, 5.41) is 0. The number of aryl methyl sites for hydroxylation is 1. The number of rotatable bonds is 4. The van der Waals surface area contributed by atoms with Crippen molar-refractivity contribution in [3.8, 4) is 0 Å². The molecular weight excluding hydrogens is 296 g/mol. The molecule has 0 amide bonds. The SMILES string of the molecule is c1ccc(CC[Te]c2ccccc2)cc1. The van der Waals surface area contributed by atoms with E-state index in [1.165, 1.54) is 16.5 Å². The summed E-state index contributed by atoms with van der Waals surface area (Å²) in [6, 6.07) is 21.7. The van der Waals surface area contributed by atoms with Crippen LogP contribution in [-0.2, 0) is 6.42 Å². The Bertz CT molecular complexity index is 341. The van der Waals surface area contributed by atoms with Crippen LogP contribution in [-0.4, -0.2) is 20.9 Å². The normalized spacial score (nSPS) is 10.1. The van der Waals surface area contributed by atoms with Crippen molar-refractivity contribution in [3.05, 3.63) is 66.2 Å². The van der Waals surface area contributed by atoms with Crippen LogP contribution in [0.15, 0.2) is 60.7 Å². The third-order valence-electron chi connectivity index (χ3n) is 2.25. The Labute approximate surface area is 101 Å². The molecule has 0 N–H and O–H groups in total. The summed E-state index contributed by atoms with van der Waals surface area (Å²) in [6.07, 6.45) is 1.23. The Morgan fingerprint density at radius 1 is 0.733 bits per heavy atom. The molecule has 0 heterocycles. The molecule has 0 unspecified atom stereocenters. The van der Waals surface area contributed by atoms with Crippen LogP contribution >= 0.6 is 0 Å². The molecule has 2 aromatic carbocycles. The summed E-state index contributed by atoms with van der Waals surface area (Å²) >= 11 is 0.0236. The fourth-order valence-electron chi connectivity index (χ4n) is 1.45. The van der Waals surface area contributed by atoms with E-state index in [-0.39, 0.29) is 20.9 Å². The van der Waals surface area contributed by atoms with Crippen molar-refractivity contribution >= 4 is 24.5 Å². The molecule has 0 bridgehead atoms. The van der Waals surface area contributed by atoms with Crippen LogP contribution in [0.3, 0.4) is 0 Å². The van der Waals surface area contributed by atoms with Crippen LogP contribution in [0.25, 0.3) is 0 Å². The van der Waals surface area contributed by atoms with E-state index in [1.54, 1.807) is 3.61 Å².